The lowest BCUT2D eigenvalue weighted by atomic mass is 9.82. The summed E-state index contributed by atoms with van der Waals surface area (Å²) in [6, 6.07) is 0.0502. The molecule has 0 spiro atoms. The minimum absolute atomic E-state index is 0.0502. The molecule has 2 unspecified atom stereocenters. The highest BCUT2D eigenvalue weighted by Gasteiger charge is 2.21. The van der Waals surface area contributed by atoms with Crippen molar-refractivity contribution in [3.05, 3.63) is 16.4 Å². The SMILES string of the molecule is CC(CC(N)c1c(Br)cnn1C)CC(C)(C)C. The average molecular weight is 302 g/mol. The zero-order chi connectivity index (χ0) is 13.2. The molecular formula is C13H24BrN3. The molecule has 1 rings (SSSR count). The van der Waals surface area contributed by atoms with Crippen LogP contribution in [-0.4, -0.2) is 9.78 Å². The molecule has 0 aliphatic heterocycles. The van der Waals surface area contributed by atoms with E-state index in [1.807, 2.05) is 17.9 Å². The summed E-state index contributed by atoms with van der Waals surface area (Å²) in [4.78, 5) is 0. The molecule has 1 heterocycles. The van der Waals surface area contributed by atoms with E-state index in [4.69, 9.17) is 5.73 Å². The van der Waals surface area contributed by atoms with Crippen LogP contribution >= 0.6 is 15.9 Å². The van der Waals surface area contributed by atoms with Gasteiger partial charge in [-0.3, -0.25) is 4.68 Å². The summed E-state index contributed by atoms with van der Waals surface area (Å²) in [7, 11) is 1.94. The van der Waals surface area contributed by atoms with E-state index in [-0.39, 0.29) is 6.04 Å². The fourth-order valence-electron chi connectivity index (χ4n) is 2.51. The first-order chi connectivity index (χ1) is 7.70. The van der Waals surface area contributed by atoms with E-state index in [2.05, 4.69) is 48.7 Å². The number of hydrogen-bond donors (Lipinski definition) is 1. The Labute approximate surface area is 113 Å². The highest BCUT2D eigenvalue weighted by Crippen LogP contribution is 2.31. The van der Waals surface area contributed by atoms with Crippen LogP contribution in [0.15, 0.2) is 10.7 Å². The number of rotatable bonds is 4. The summed E-state index contributed by atoms with van der Waals surface area (Å²) in [5.74, 6) is 0.617. The number of halogens is 1. The Kier molecular flexibility index (Phi) is 4.78. The van der Waals surface area contributed by atoms with Crippen molar-refractivity contribution in [1.82, 2.24) is 9.78 Å². The second-order valence-electron chi connectivity index (χ2n) is 6.21. The quantitative estimate of drug-likeness (QED) is 0.922. The number of aryl methyl sites for hydroxylation is 1. The molecule has 3 nitrogen and oxygen atoms in total. The van der Waals surface area contributed by atoms with Gasteiger partial charge in [0.2, 0.25) is 0 Å². The summed E-state index contributed by atoms with van der Waals surface area (Å²) >= 11 is 3.51. The number of aromatic nitrogens is 2. The molecule has 0 radical (unpaired) electrons. The topological polar surface area (TPSA) is 43.8 Å². The summed E-state index contributed by atoms with van der Waals surface area (Å²) < 4.78 is 2.87. The third-order valence-corrected chi connectivity index (χ3v) is 3.52. The van der Waals surface area contributed by atoms with Crippen molar-refractivity contribution in [2.75, 3.05) is 0 Å². The van der Waals surface area contributed by atoms with Gasteiger partial charge in [0.25, 0.3) is 0 Å². The summed E-state index contributed by atoms with van der Waals surface area (Å²) in [5.41, 5.74) is 7.72. The lowest BCUT2D eigenvalue weighted by Gasteiger charge is -2.25. The first-order valence-electron chi connectivity index (χ1n) is 6.13. The van der Waals surface area contributed by atoms with Crippen LogP contribution in [0, 0.1) is 11.3 Å². The van der Waals surface area contributed by atoms with Gasteiger partial charge in [-0.1, -0.05) is 27.7 Å². The first kappa shape index (κ1) is 14.7. The molecule has 17 heavy (non-hydrogen) atoms. The number of hydrogen-bond acceptors (Lipinski definition) is 2. The molecule has 0 aliphatic rings. The van der Waals surface area contributed by atoms with E-state index < -0.39 is 0 Å². The monoisotopic (exact) mass is 301 g/mol. The Balaban J connectivity index is 2.64. The second kappa shape index (κ2) is 5.53. The largest absolute Gasteiger partial charge is 0.323 e. The highest BCUT2D eigenvalue weighted by molar-refractivity contribution is 9.10. The fourth-order valence-corrected chi connectivity index (χ4v) is 3.15. The third kappa shape index (κ3) is 4.43. The molecule has 0 saturated carbocycles. The van der Waals surface area contributed by atoms with Crippen LogP contribution in [0.5, 0.6) is 0 Å². The molecule has 0 aromatic carbocycles. The third-order valence-electron chi connectivity index (χ3n) is 2.91. The van der Waals surface area contributed by atoms with Crippen LogP contribution in [-0.2, 0) is 7.05 Å². The minimum atomic E-state index is 0.0502. The van der Waals surface area contributed by atoms with Crippen molar-refractivity contribution in [3.8, 4) is 0 Å². The summed E-state index contributed by atoms with van der Waals surface area (Å²) in [6.07, 6.45) is 4.00. The number of nitrogens with zero attached hydrogens (tertiary/aromatic N) is 2. The molecular weight excluding hydrogens is 278 g/mol. The molecule has 0 fully saturated rings. The molecule has 98 valence electrons. The van der Waals surface area contributed by atoms with E-state index >= 15 is 0 Å². The van der Waals surface area contributed by atoms with Gasteiger partial charge in [0, 0.05) is 13.1 Å². The smallest absolute Gasteiger partial charge is 0.0690 e. The molecule has 0 aliphatic carbocycles. The van der Waals surface area contributed by atoms with Gasteiger partial charge in [-0.05, 0) is 40.1 Å². The zero-order valence-electron chi connectivity index (χ0n) is 11.5. The van der Waals surface area contributed by atoms with E-state index in [9.17, 15) is 0 Å². The maximum atomic E-state index is 6.27. The van der Waals surface area contributed by atoms with Crippen molar-refractivity contribution in [1.29, 1.82) is 0 Å². The van der Waals surface area contributed by atoms with E-state index in [1.165, 1.54) is 6.42 Å². The molecule has 0 saturated heterocycles. The number of nitrogens with two attached hydrogens (primary N) is 1. The maximum Gasteiger partial charge on any atom is 0.0690 e. The van der Waals surface area contributed by atoms with Crippen molar-refractivity contribution < 1.29 is 0 Å². The van der Waals surface area contributed by atoms with Gasteiger partial charge in [-0.2, -0.15) is 5.10 Å². The van der Waals surface area contributed by atoms with Gasteiger partial charge < -0.3 is 5.73 Å². The van der Waals surface area contributed by atoms with Gasteiger partial charge in [0.1, 0.15) is 0 Å². The van der Waals surface area contributed by atoms with Crippen LogP contribution in [0.2, 0.25) is 0 Å². The van der Waals surface area contributed by atoms with Gasteiger partial charge in [0.05, 0.1) is 16.4 Å². The summed E-state index contributed by atoms with van der Waals surface area (Å²) in [6.45, 7) is 9.09. The molecule has 0 amide bonds. The average Bonchev–Trinajstić information content (AvgIpc) is 2.42. The maximum absolute atomic E-state index is 6.27. The van der Waals surface area contributed by atoms with Gasteiger partial charge in [0.15, 0.2) is 0 Å². The van der Waals surface area contributed by atoms with Crippen molar-refractivity contribution >= 4 is 15.9 Å². The van der Waals surface area contributed by atoms with E-state index in [0.29, 0.717) is 11.3 Å². The van der Waals surface area contributed by atoms with Crippen LogP contribution in [0.3, 0.4) is 0 Å². The van der Waals surface area contributed by atoms with Gasteiger partial charge in [-0.25, -0.2) is 0 Å². The van der Waals surface area contributed by atoms with Crippen molar-refractivity contribution in [3.63, 3.8) is 0 Å². The van der Waals surface area contributed by atoms with Gasteiger partial charge >= 0.3 is 0 Å². The Morgan fingerprint density at radius 3 is 2.47 bits per heavy atom. The molecule has 0 bridgehead atoms. The molecule has 4 heteroatoms. The Morgan fingerprint density at radius 1 is 1.47 bits per heavy atom. The first-order valence-corrected chi connectivity index (χ1v) is 6.93. The van der Waals surface area contributed by atoms with Gasteiger partial charge in [-0.15, -0.1) is 0 Å². The predicted molar refractivity (Wildman–Crippen MR) is 75.7 cm³/mol. The molecule has 2 N–H and O–H groups in total. The Morgan fingerprint density at radius 2 is 2.06 bits per heavy atom. The van der Waals surface area contributed by atoms with Crippen LogP contribution in [0.1, 0.15) is 52.3 Å². The predicted octanol–water partition coefficient (Wildman–Crippen LogP) is 3.64. The van der Waals surface area contributed by atoms with Crippen LogP contribution in [0.4, 0.5) is 0 Å². The Bertz CT molecular complexity index is 346. The second-order valence-corrected chi connectivity index (χ2v) is 7.07. The standard InChI is InChI=1S/C13H24BrN3/c1-9(7-13(2,3)4)6-11(15)12-10(14)8-16-17(12)5/h8-9,11H,6-7,15H2,1-5H3. The fraction of sp³-hybridized carbons (Fsp3) is 0.769. The lowest BCUT2D eigenvalue weighted by molar-refractivity contribution is 0.284. The van der Waals surface area contributed by atoms with E-state index in [1.54, 1.807) is 0 Å². The molecule has 1 aromatic heterocycles. The summed E-state index contributed by atoms with van der Waals surface area (Å²) in [5, 5.41) is 4.21. The zero-order valence-corrected chi connectivity index (χ0v) is 13.1. The van der Waals surface area contributed by atoms with Crippen molar-refractivity contribution in [2.24, 2.45) is 24.1 Å². The lowest BCUT2D eigenvalue weighted by Crippen LogP contribution is -2.20. The van der Waals surface area contributed by atoms with Crippen molar-refractivity contribution in [2.45, 2.75) is 46.6 Å². The normalized spacial score (nSPS) is 15.9. The Hall–Kier alpha value is -0.350. The van der Waals surface area contributed by atoms with E-state index in [0.717, 1.165) is 16.6 Å². The minimum Gasteiger partial charge on any atom is -0.323 e. The molecule has 1 aromatic rings. The van der Waals surface area contributed by atoms with Crippen LogP contribution in [0.25, 0.3) is 0 Å². The molecule has 2 atom stereocenters. The highest BCUT2D eigenvalue weighted by atomic mass is 79.9. The van der Waals surface area contributed by atoms with Crippen LogP contribution < -0.4 is 5.73 Å².